The van der Waals surface area contributed by atoms with Crippen molar-refractivity contribution >= 4 is 51.0 Å². The molecule has 202 valence electrons. The Morgan fingerprint density at radius 1 is 1.41 bits per heavy atom. The minimum atomic E-state index is -1.26. The van der Waals surface area contributed by atoms with Gasteiger partial charge in [-0.25, -0.2) is 0 Å². The Kier molecular flexibility index (Phi) is 8.38. The van der Waals surface area contributed by atoms with Crippen molar-refractivity contribution in [3.63, 3.8) is 0 Å². The second-order valence-electron chi connectivity index (χ2n) is 9.99. The van der Waals surface area contributed by atoms with E-state index in [4.69, 9.17) is 21.1 Å². The first-order valence-electron chi connectivity index (χ1n) is 12.8. The summed E-state index contributed by atoms with van der Waals surface area (Å²) < 4.78 is 11.9. The van der Waals surface area contributed by atoms with Gasteiger partial charge in [0.2, 0.25) is 5.91 Å². The average Bonchev–Trinajstić information content (AvgIpc) is 3.47. The van der Waals surface area contributed by atoms with Crippen LogP contribution in [0.25, 0.3) is 0 Å². The maximum atomic E-state index is 14.5. The fraction of sp³-hybridized carbons (Fsp3) is 0.593. The van der Waals surface area contributed by atoms with E-state index in [0.717, 1.165) is 0 Å². The van der Waals surface area contributed by atoms with E-state index < -0.39 is 47.5 Å². The van der Waals surface area contributed by atoms with E-state index in [9.17, 15) is 19.5 Å². The first kappa shape index (κ1) is 28.1. The first-order chi connectivity index (χ1) is 17.7. The zero-order valence-corrected chi connectivity index (χ0v) is 23.7. The van der Waals surface area contributed by atoms with Crippen LogP contribution < -0.4 is 4.90 Å². The van der Waals surface area contributed by atoms with E-state index in [0.29, 0.717) is 23.6 Å². The number of alkyl halides is 1. The van der Waals surface area contributed by atoms with E-state index in [1.807, 2.05) is 13.8 Å². The molecular weight excluding hydrogens is 564 g/mol. The van der Waals surface area contributed by atoms with Crippen LogP contribution in [0.1, 0.15) is 33.6 Å². The van der Waals surface area contributed by atoms with Gasteiger partial charge in [-0.1, -0.05) is 66.0 Å². The SMILES string of the molecule is C=CCN(C(=O)C1N([C@@H](CO)[C@@H](C)CC)C(=O)[C@@H]2[C@H](C(=O)OCC)[C@H]3OC12CC3Br)c1ccccc1Cl. The maximum absolute atomic E-state index is 14.5. The van der Waals surface area contributed by atoms with Crippen LogP contribution in [-0.2, 0) is 23.9 Å². The zero-order valence-electron chi connectivity index (χ0n) is 21.3. The topological polar surface area (TPSA) is 96.4 Å². The van der Waals surface area contributed by atoms with E-state index in [1.165, 1.54) is 9.80 Å². The van der Waals surface area contributed by atoms with Crippen molar-refractivity contribution in [1.29, 1.82) is 0 Å². The van der Waals surface area contributed by atoms with E-state index in [2.05, 4.69) is 22.5 Å². The van der Waals surface area contributed by atoms with E-state index in [-0.39, 0.29) is 36.4 Å². The van der Waals surface area contributed by atoms with Gasteiger partial charge in [0.1, 0.15) is 11.6 Å². The number of halogens is 2. The molecule has 3 heterocycles. The monoisotopic (exact) mass is 596 g/mol. The molecule has 1 aromatic carbocycles. The van der Waals surface area contributed by atoms with Crippen LogP contribution in [0.4, 0.5) is 5.69 Å². The molecule has 4 rings (SSSR count). The lowest BCUT2D eigenvalue weighted by Gasteiger charge is -2.41. The number of benzene rings is 1. The van der Waals surface area contributed by atoms with E-state index in [1.54, 1.807) is 37.3 Å². The number of likely N-dealkylation sites (tertiary alicyclic amines) is 1. The van der Waals surface area contributed by atoms with Crippen LogP contribution >= 0.6 is 27.5 Å². The van der Waals surface area contributed by atoms with Gasteiger partial charge in [-0.05, 0) is 31.4 Å². The Balaban J connectivity index is 1.88. The Morgan fingerprint density at radius 3 is 2.70 bits per heavy atom. The molecule has 8 atom stereocenters. The number of nitrogens with zero attached hydrogens (tertiary/aromatic N) is 2. The molecule has 2 amide bonds. The molecule has 0 aromatic heterocycles. The standard InChI is InChI=1S/C27H34BrClN2O6/c1-5-12-30(18-11-9-8-10-17(18)29)25(34)23-27-13-16(28)22(37-27)20(26(35)36-7-3)21(27)24(33)31(23)19(14-32)15(4)6-2/h5,8-11,15-16,19-23,32H,1,6-7,12-14H2,2-4H3/t15-,16?,19-,20-,21-,22-,23?,27?/m0/s1. The van der Waals surface area contributed by atoms with Crippen LogP contribution in [0.15, 0.2) is 36.9 Å². The van der Waals surface area contributed by atoms with Crippen molar-refractivity contribution in [2.45, 2.75) is 62.2 Å². The smallest absolute Gasteiger partial charge is 0.312 e. The quantitative estimate of drug-likeness (QED) is 0.252. The number of aliphatic hydroxyl groups excluding tert-OH is 1. The third kappa shape index (κ3) is 4.41. The third-order valence-corrected chi connectivity index (χ3v) is 9.25. The molecule has 3 aliphatic rings. The van der Waals surface area contributed by atoms with Crippen LogP contribution in [-0.4, -0.2) is 76.2 Å². The number of amides is 2. The summed E-state index contributed by atoms with van der Waals surface area (Å²) in [6, 6.07) is 5.27. The van der Waals surface area contributed by atoms with Gasteiger partial charge in [0.05, 0.1) is 47.9 Å². The predicted molar refractivity (Wildman–Crippen MR) is 144 cm³/mol. The van der Waals surface area contributed by atoms with Gasteiger partial charge in [0, 0.05) is 11.4 Å². The van der Waals surface area contributed by atoms with Gasteiger partial charge < -0.3 is 24.4 Å². The summed E-state index contributed by atoms with van der Waals surface area (Å²) in [5.74, 6) is -3.12. The van der Waals surface area contributed by atoms with Crippen molar-refractivity contribution in [2.75, 3.05) is 24.7 Å². The molecule has 37 heavy (non-hydrogen) atoms. The van der Waals surface area contributed by atoms with Crippen molar-refractivity contribution in [3.05, 3.63) is 41.9 Å². The Hall–Kier alpha value is -1.94. The summed E-state index contributed by atoms with van der Waals surface area (Å²) in [6.07, 6.45) is 2.03. The molecule has 0 aliphatic carbocycles. The lowest BCUT2D eigenvalue weighted by atomic mass is 9.70. The molecule has 1 spiro atoms. The highest BCUT2D eigenvalue weighted by molar-refractivity contribution is 9.09. The summed E-state index contributed by atoms with van der Waals surface area (Å²) in [6.45, 7) is 9.42. The molecule has 8 nitrogen and oxygen atoms in total. The Morgan fingerprint density at radius 2 is 2.11 bits per heavy atom. The highest BCUT2D eigenvalue weighted by atomic mass is 79.9. The molecule has 2 bridgehead atoms. The number of carbonyl (C=O) groups excluding carboxylic acids is 3. The number of rotatable bonds is 10. The number of hydrogen-bond donors (Lipinski definition) is 1. The highest BCUT2D eigenvalue weighted by Crippen LogP contribution is 2.61. The second kappa shape index (κ2) is 11.0. The van der Waals surface area contributed by atoms with Gasteiger partial charge in [-0.2, -0.15) is 0 Å². The molecule has 10 heteroatoms. The molecule has 3 aliphatic heterocycles. The number of ether oxygens (including phenoxy) is 2. The van der Waals surface area contributed by atoms with Crippen molar-refractivity contribution < 1.29 is 29.0 Å². The van der Waals surface area contributed by atoms with Crippen LogP contribution in [0, 0.1) is 17.8 Å². The summed E-state index contributed by atoms with van der Waals surface area (Å²) in [5, 5.41) is 10.8. The van der Waals surface area contributed by atoms with Gasteiger partial charge in [0.25, 0.3) is 5.91 Å². The number of carbonyl (C=O) groups is 3. The minimum Gasteiger partial charge on any atom is -0.466 e. The second-order valence-corrected chi connectivity index (χ2v) is 11.6. The number of aliphatic hydroxyl groups is 1. The molecule has 3 unspecified atom stereocenters. The van der Waals surface area contributed by atoms with Crippen molar-refractivity contribution in [3.8, 4) is 0 Å². The highest BCUT2D eigenvalue weighted by Gasteiger charge is 2.77. The minimum absolute atomic E-state index is 0.106. The molecule has 1 aromatic rings. The average molecular weight is 598 g/mol. The third-order valence-electron chi connectivity index (χ3n) is 8.09. The zero-order chi connectivity index (χ0) is 27.1. The summed E-state index contributed by atoms with van der Waals surface area (Å²) >= 11 is 10.1. The summed E-state index contributed by atoms with van der Waals surface area (Å²) in [5.41, 5.74) is -0.776. The first-order valence-corrected chi connectivity index (χ1v) is 14.1. The van der Waals surface area contributed by atoms with E-state index >= 15 is 0 Å². The molecule has 0 saturated carbocycles. The van der Waals surface area contributed by atoms with Crippen molar-refractivity contribution in [1.82, 2.24) is 4.90 Å². The Bertz CT molecular complexity index is 1070. The fourth-order valence-electron chi connectivity index (χ4n) is 6.28. The fourth-order valence-corrected chi connectivity index (χ4v) is 7.46. The lowest BCUT2D eigenvalue weighted by molar-refractivity contribution is -0.155. The Labute approximate surface area is 231 Å². The van der Waals surface area contributed by atoms with Crippen molar-refractivity contribution in [2.24, 2.45) is 17.8 Å². The molecular formula is C27H34BrClN2O6. The van der Waals surface area contributed by atoms with Gasteiger partial charge in [-0.3, -0.25) is 14.4 Å². The predicted octanol–water partition coefficient (Wildman–Crippen LogP) is 3.58. The molecule has 3 saturated heterocycles. The van der Waals surface area contributed by atoms with Crippen LogP contribution in [0.3, 0.4) is 0 Å². The van der Waals surface area contributed by atoms with Crippen LogP contribution in [0.5, 0.6) is 0 Å². The van der Waals surface area contributed by atoms with Gasteiger partial charge in [0.15, 0.2) is 0 Å². The number of hydrogen-bond acceptors (Lipinski definition) is 6. The number of esters is 1. The molecule has 1 N–H and O–H groups in total. The van der Waals surface area contributed by atoms with Gasteiger partial charge >= 0.3 is 5.97 Å². The maximum Gasteiger partial charge on any atom is 0.312 e. The summed E-state index contributed by atoms with van der Waals surface area (Å²) in [4.78, 5) is 44.6. The van der Waals surface area contributed by atoms with Crippen LogP contribution in [0.2, 0.25) is 5.02 Å². The number of fused-ring (bicyclic) bond motifs is 1. The lowest BCUT2D eigenvalue weighted by Crippen LogP contribution is -2.60. The van der Waals surface area contributed by atoms with Gasteiger partial charge in [-0.15, -0.1) is 6.58 Å². The summed E-state index contributed by atoms with van der Waals surface area (Å²) in [7, 11) is 0. The molecule has 0 radical (unpaired) electrons. The number of anilines is 1. The number of para-hydroxylation sites is 1. The molecule has 3 fully saturated rings. The largest absolute Gasteiger partial charge is 0.466 e. The normalized spacial score (nSPS) is 31.7.